The van der Waals surface area contributed by atoms with Crippen molar-refractivity contribution in [2.24, 2.45) is 0 Å². The van der Waals surface area contributed by atoms with Gasteiger partial charge in [-0.2, -0.15) is 0 Å². The molecule has 4 heterocycles. The topological polar surface area (TPSA) is 105 Å². The van der Waals surface area contributed by atoms with Gasteiger partial charge in [0.15, 0.2) is 0 Å². The summed E-state index contributed by atoms with van der Waals surface area (Å²) in [6.45, 7) is 10.9. The van der Waals surface area contributed by atoms with Gasteiger partial charge in [-0.1, -0.05) is 0 Å². The number of hydrogen-bond donors (Lipinski definition) is 0. The maximum absolute atomic E-state index is 9.15. The van der Waals surface area contributed by atoms with E-state index in [-0.39, 0.29) is 0 Å². The molecule has 0 N–H and O–H groups in total. The monoisotopic (exact) mass is 442 g/mol. The standard InChI is InChI=1S/C14H28N4.2CH4O3S/c1-17-9-3-5-15-8-12-18(2)10-4-6-16(7-11-17)14(18)13(15)17;2*1-4-5(2)3/h13-14H,3-12H2,1-2H3;2*1H3,(H,2,3)/q+2;;/p-2. The minimum atomic E-state index is -2.32. The first-order chi connectivity index (χ1) is 13.2. The first-order valence-electron chi connectivity index (χ1n) is 9.61. The van der Waals surface area contributed by atoms with Crippen LogP contribution in [0.2, 0.25) is 0 Å². The van der Waals surface area contributed by atoms with Crippen LogP contribution in [0.4, 0.5) is 0 Å². The molecule has 6 atom stereocenters. The summed E-state index contributed by atoms with van der Waals surface area (Å²) < 4.78 is 46.6. The van der Waals surface area contributed by atoms with E-state index in [9.17, 15) is 0 Å². The number of likely N-dealkylation sites (N-methyl/N-ethyl adjacent to an activating group) is 2. The Kier molecular flexibility index (Phi) is 8.95. The summed E-state index contributed by atoms with van der Waals surface area (Å²) in [5, 5.41) is 0. The molecule has 4 aliphatic heterocycles. The third-order valence-corrected chi connectivity index (χ3v) is 7.13. The van der Waals surface area contributed by atoms with Gasteiger partial charge >= 0.3 is 0 Å². The molecule has 0 aromatic heterocycles. The maximum atomic E-state index is 9.15. The fraction of sp³-hybridized carbons (Fsp3) is 1.00. The van der Waals surface area contributed by atoms with Crippen molar-refractivity contribution >= 4 is 22.7 Å². The van der Waals surface area contributed by atoms with Crippen LogP contribution in [-0.4, -0.2) is 129 Å². The van der Waals surface area contributed by atoms with Crippen LogP contribution >= 0.6 is 0 Å². The second-order valence-electron chi connectivity index (χ2n) is 8.20. The third kappa shape index (κ3) is 5.56. The van der Waals surface area contributed by atoms with Gasteiger partial charge in [0.1, 0.15) is 0 Å². The third-order valence-electron chi connectivity index (χ3n) is 6.59. The summed E-state index contributed by atoms with van der Waals surface area (Å²) in [4.78, 5) is 5.65. The highest BCUT2D eigenvalue weighted by Crippen LogP contribution is 2.39. The molecule has 4 saturated heterocycles. The van der Waals surface area contributed by atoms with Crippen LogP contribution in [-0.2, 0) is 31.1 Å². The van der Waals surface area contributed by atoms with Gasteiger partial charge in [-0.25, -0.2) is 18.2 Å². The van der Waals surface area contributed by atoms with Crippen molar-refractivity contribution in [2.45, 2.75) is 25.2 Å². The molecule has 0 aromatic carbocycles. The fourth-order valence-electron chi connectivity index (χ4n) is 5.30. The van der Waals surface area contributed by atoms with Crippen molar-refractivity contribution in [2.75, 3.05) is 80.7 Å². The van der Waals surface area contributed by atoms with Crippen molar-refractivity contribution in [1.82, 2.24) is 9.80 Å². The van der Waals surface area contributed by atoms with E-state index in [2.05, 4.69) is 32.3 Å². The number of rotatable bonds is 2. The van der Waals surface area contributed by atoms with Crippen LogP contribution in [0.15, 0.2) is 0 Å². The molecule has 0 amide bonds. The van der Waals surface area contributed by atoms with Crippen molar-refractivity contribution in [3.63, 3.8) is 0 Å². The van der Waals surface area contributed by atoms with Crippen molar-refractivity contribution in [3.05, 3.63) is 0 Å². The predicted octanol–water partition coefficient (Wildman–Crippen LogP) is -1.18. The van der Waals surface area contributed by atoms with E-state index in [0.717, 1.165) is 26.6 Å². The SMILES string of the molecule is COS(=O)[O-].COS(=O)[O-].C[N+]12CCCN3CC[N+]4(C)CCCN(CC1)C4C32. The van der Waals surface area contributed by atoms with Gasteiger partial charge in [-0.3, -0.25) is 0 Å². The molecule has 12 heteroatoms. The van der Waals surface area contributed by atoms with Gasteiger partial charge in [-0.15, -0.1) is 0 Å². The lowest BCUT2D eigenvalue weighted by atomic mass is 9.96. The molecule has 166 valence electrons. The Morgan fingerprint density at radius 3 is 1.36 bits per heavy atom. The normalized spacial score (nSPS) is 39.4. The molecule has 0 saturated carbocycles. The van der Waals surface area contributed by atoms with E-state index in [0.29, 0.717) is 0 Å². The summed E-state index contributed by atoms with van der Waals surface area (Å²) in [5.41, 5.74) is 0. The van der Waals surface area contributed by atoms with Crippen molar-refractivity contribution in [3.8, 4) is 0 Å². The molecule has 0 aromatic rings. The Hall–Kier alpha value is -0.0200. The van der Waals surface area contributed by atoms with Crippen LogP contribution in [0.1, 0.15) is 12.8 Å². The Labute approximate surface area is 173 Å². The van der Waals surface area contributed by atoms with Crippen molar-refractivity contribution in [1.29, 1.82) is 0 Å². The maximum Gasteiger partial charge on any atom is 0.213 e. The summed E-state index contributed by atoms with van der Waals surface area (Å²) in [7, 11) is 7.23. The first kappa shape index (κ1) is 24.3. The van der Waals surface area contributed by atoms with Gasteiger partial charge in [0, 0.05) is 25.9 Å². The van der Waals surface area contributed by atoms with E-state index in [1.54, 1.807) is 0 Å². The van der Waals surface area contributed by atoms with E-state index < -0.39 is 22.7 Å². The lowest BCUT2D eigenvalue weighted by molar-refractivity contribution is -1.04. The Balaban J connectivity index is 0.000000237. The lowest BCUT2D eigenvalue weighted by Crippen LogP contribution is -2.86. The average molecular weight is 443 g/mol. The zero-order chi connectivity index (χ0) is 20.9. The molecule has 6 unspecified atom stereocenters. The zero-order valence-corrected chi connectivity index (χ0v) is 18.9. The predicted molar refractivity (Wildman–Crippen MR) is 104 cm³/mol. The van der Waals surface area contributed by atoms with Crippen LogP contribution < -0.4 is 0 Å². The molecule has 0 spiro atoms. The molecular formula is C16H34N4O6S2. The van der Waals surface area contributed by atoms with Crippen molar-refractivity contribution < 1.29 is 34.9 Å². The fourth-order valence-corrected chi connectivity index (χ4v) is 5.30. The molecular weight excluding hydrogens is 408 g/mol. The molecule has 0 aliphatic carbocycles. The van der Waals surface area contributed by atoms with Gasteiger partial charge in [0.25, 0.3) is 0 Å². The van der Waals surface area contributed by atoms with Gasteiger partial charge in [-0.05, 0) is 0 Å². The molecule has 28 heavy (non-hydrogen) atoms. The van der Waals surface area contributed by atoms with Crippen LogP contribution in [0.3, 0.4) is 0 Å². The lowest BCUT2D eigenvalue weighted by Gasteiger charge is -2.65. The molecule has 4 fully saturated rings. The van der Waals surface area contributed by atoms with Crippen LogP contribution in [0.5, 0.6) is 0 Å². The van der Waals surface area contributed by atoms with E-state index in [1.807, 2.05) is 0 Å². The first-order valence-corrected chi connectivity index (χ1v) is 11.6. The number of quaternary nitrogens is 2. The summed E-state index contributed by atoms with van der Waals surface area (Å²) in [6, 6.07) is 0. The second-order valence-corrected chi connectivity index (χ2v) is 9.68. The van der Waals surface area contributed by atoms with E-state index >= 15 is 0 Å². The molecule has 10 nitrogen and oxygen atoms in total. The number of hydrogen-bond acceptors (Lipinski definition) is 8. The largest absolute Gasteiger partial charge is 0.750 e. The molecule has 4 rings (SSSR count). The highest BCUT2D eigenvalue weighted by atomic mass is 32.2. The molecule has 0 bridgehead atoms. The van der Waals surface area contributed by atoms with Gasteiger partial charge in [0.2, 0.25) is 12.3 Å². The summed E-state index contributed by atoms with van der Waals surface area (Å²) in [5.74, 6) is 0. The summed E-state index contributed by atoms with van der Waals surface area (Å²) in [6.07, 6.45) is 4.38. The Morgan fingerprint density at radius 1 is 0.750 bits per heavy atom. The number of piperazine rings is 2. The van der Waals surface area contributed by atoms with Gasteiger partial charge < -0.3 is 26.4 Å². The highest BCUT2D eigenvalue weighted by molar-refractivity contribution is 7.74. The van der Waals surface area contributed by atoms with E-state index in [4.69, 9.17) is 17.5 Å². The minimum absolute atomic E-state index is 0.784. The Morgan fingerprint density at radius 2 is 1.07 bits per heavy atom. The quantitative estimate of drug-likeness (QED) is 0.389. The van der Waals surface area contributed by atoms with E-state index in [1.165, 1.54) is 74.2 Å². The number of nitrogens with zero attached hydrogens (tertiary/aromatic N) is 4. The smallest absolute Gasteiger partial charge is 0.213 e. The molecule has 0 radical (unpaired) electrons. The average Bonchev–Trinajstić information content (AvgIpc) is 2.67. The zero-order valence-electron chi connectivity index (χ0n) is 17.3. The van der Waals surface area contributed by atoms with Crippen LogP contribution in [0.25, 0.3) is 0 Å². The summed E-state index contributed by atoms with van der Waals surface area (Å²) >= 11 is -4.65. The van der Waals surface area contributed by atoms with Gasteiger partial charge in [0.05, 0.1) is 90.3 Å². The minimum Gasteiger partial charge on any atom is -0.750 e. The molecule has 4 aliphatic rings. The van der Waals surface area contributed by atoms with Crippen LogP contribution in [0, 0.1) is 0 Å². The Bertz CT molecular complexity index is 525. The second kappa shape index (κ2) is 10.3. The highest BCUT2D eigenvalue weighted by Gasteiger charge is 2.61.